The van der Waals surface area contributed by atoms with Crippen LogP contribution in [0.25, 0.3) is 11.3 Å². The highest BCUT2D eigenvalue weighted by Crippen LogP contribution is 2.28. The summed E-state index contributed by atoms with van der Waals surface area (Å²) in [6, 6.07) is 6.89. The summed E-state index contributed by atoms with van der Waals surface area (Å²) in [4.78, 5) is 0. The lowest BCUT2D eigenvalue weighted by molar-refractivity contribution is 0.414. The van der Waals surface area contributed by atoms with E-state index >= 15 is 0 Å². The van der Waals surface area contributed by atoms with Crippen molar-refractivity contribution >= 4 is 0 Å². The molecule has 0 aliphatic heterocycles. The van der Waals surface area contributed by atoms with E-state index in [0.717, 1.165) is 31.0 Å². The Kier molecular flexibility index (Phi) is 4.20. The predicted octanol–water partition coefficient (Wildman–Crippen LogP) is 2.62. The van der Waals surface area contributed by atoms with Crippen LogP contribution in [-0.4, -0.2) is 28.1 Å². The van der Waals surface area contributed by atoms with E-state index in [4.69, 9.17) is 4.74 Å². The fraction of sp³-hybridized carbons (Fsp3) is 0.500. The topological polar surface area (TPSA) is 52.0 Å². The van der Waals surface area contributed by atoms with Crippen molar-refractivity contribution in [1.82, 2.24) is 20.3 Å². The van der Waals surface area contributed by atoms with Crippen LogP contribution in [-0.2, 0) is 13.1 Å². The largest absolute Gasteiger partial charge is 0.497 e. The van der Waals surface area contributed by atoms with Gasteiger partial charge in [-0.3, -0.25) is 0 Å². The number of aryl methyl sites for hydroxylation is 1. The molecule has 0 saturated heterocycles. The zero-order valence-electron chi connectivity index (χ0n) is 12.7. The molecule has 1 aliphatic rings. The molecule has 0 radical (unpaired) electrons. The Balaban J connectivity index is 1.92. The van der Waals surface area contributed by atoms with E-state index in [1.807, 2.05) is 16.9 Å². The molecule has 0 amide bonds. The zero-order valence-corrected chi connectivity index (χ0v) is 12.7. The van der Waals surface area contributed by atoms with Gasteiger partial charge < -0.3 is 10.1 Å². The van der Waals surface area contributed by atoms with Crippen molar-refractivity contribution in [1.29, 1.82) is 0 Å². The molecule has 1 heterocycles. The molecule has 0 unspecified atom stereocenters. The third-order valence-corrected chi connectivity index (χ3v) is 3.80. The van der Waals surface area contributed by atoms with Gasteiger partial charge in [0.05, 0.1) is 19.0 Å². The van der Waals surface area contributed by atoms with E-state index in [1.165, 1.54) is 24.0 Å². The van der Waals surface area contributed by atoms with E-state index in [9.17, 15) is 0 Å². The first-order chi connectivity index (χ1) is 10.3. The van der Waals surface area contributed by atoms with Crippen LogP contribution in [0.1, 0.15) is 31.7 Å². The molecule has 1 aromatic carbocycles. The molecule has 0 bridgehead atoms. The highest BCUT2D eigenvalue weighted by molar-refractivity contribution is 5.64. The smallest absolute Gasteiger partial charge is 0.119 e. The monoisotopic (exact) mass is 286 g/mol. The van der Waals surface area contributed by atoms with Crippen molar-refractivity contribution in [2.75, 3.05) is 7.11 Å². The van der Waals surface area contributed by atoms with Gasteiger partial charge in [0.15, 0.2) is 0 Å². The molecule has 0 atom stereocenters. The number of hydrogen-bond donors (Lipinski definition) is 1. The first-order valence-corrected chi connectivity index (χ1v) is 7.61. The van der Waals surface area contributed by atoms with Crippen molar-refractivity contribution in [3.05, 3.63) is 30.0 Å². The maximum Gasteiger partial charge on any atom is 0.119 e. The summed E-state index contributed by atoms with van der Waals surface area (Å²) in [6.07, 6.45) is 5.46. The molecule has 21 heavy (non-hydrogen) atoms. The van der Waals surface area contributed by atoms with Gasteiger partial charge in [0.1, 0.15) is 5.75 Å². The molecule has 5 nitrogen and oxygen atoms in total. The molecule has 1 N–H and O–H groups in total. The van der Waals surface area contributed by atoms with E-state index in [-0.39, 0.29) is 0 Å². The molecule has 2 aromatic rings. The summed E-state index contributed by atoms with van der Waals surface area (Å²) >= 11 is 0. The Morgan fingerprint density at radius 3 is 2.95 bits per heavy atom. The van der Waals surface area contributed by atoms with E-state index < -0.39 is 0 Å². The maximum absolute atomic E-state index is 5.36. The Morgan fingerprint density at radius 2 is 2.24 bits per heavy atom. The minimum absolute atomic E-state index is 0.683. The van der Waals surface area contributed by atoms with Crippen LogP contribution in [0.3, 0.4) is 0 Å². The summed E-state index contributed by atoms with van der Waals surface area (Å²) in [5, 5.41) is 11.8. The van der Waals surface area contributed by atoms with Gasteiger partial charge in [-0.15, -0.1) is 5.10 Å². The highest BCUT2D eigenvalue weighted by atomic mass is 16.5. The van der Waals surface area contributed by atoms with Gasteiger partial charge in [-0.1, -0.05) is 12.1 Å². The molecule has 5 heteroatoms. The van der Waals surface area contributed by atoms with Gasteiger partial charge in [0, 0.05) is 24.7 Å². The molecule has 1 saturated carbocycles. The third kappa shape index (κ3) is 3.24. The zero-order chi connectivity index (χ0) is 14.7. The molecule has 1 aromatic heterocycles. The van der Waals surface area contributed by atoms with Crippen molar-refractivity contribution in [2.45, 2.75) is 45.3 Å². The minimum atomic E-state index is 0.683. The molecule has 0 spiro atoms. The lowest BCUT2D eigenvalue weighted by Crippen LogP contribution is -2.16. The standard InChI is InChI=1S/C16H22N4O/c1-3-8-20-16(11-18-19-20)15-7-6-14(21-2)9-12(15)10-17-13-4-5-13/h6-7,9,11,13,17H,3-5,8,10H2,1-2H3. The Hall–Kier alpha value is -1.88. The number of ether oxygens (including phenoxy) is 1. The molecular weight excluding hydrogens is 264 g/mol. The second-order valence-electron chi connectivity index (χ2n) is 5.52. The van der Waals surface area contributed by atoms with E-state index in [1.54, 1.807) is 7.11 Å². The van der Waals surface area contributed by atoms with Crippen LogP contribution in [0.2, 0.25) is 0 Å². The summed E-state index contributed by atoms with van der Waals surface area (Å²) in [5.74, 6) is 0.890. The number of nitrogens with one attached hydrogen (secondary N) is 1. The summed E-state index contributed by atoms with van der Waals surface area (Å²) in [7, 11) is 1.70. The van der Waals surface area contributed by atoms with Crippen LogP contribution in [0.15, 0.2) is 24.4 Å². The highest BCUT2D eigenvalue weighted by Gasteiger charge is 2.21. The molecule has 3 rings (SSSR count). The summed E-state index contributed by atoms with van der Waals surface area (Å²) in [6.45, 7) is 3.89. The number of hydrogen-bond acceptors (Lipinski definition) is 4. The second-order valence-corrected chi connectivity index (χ2v) is 5.52. The average Bonchev–Trinajstić information content (AvgIpc) is 3.23. The van der Waals surface area contributed by atoms with Crippen LogP contribution < -0.4 is 10.1 Å². The van der Waals surface area contributed by atoms with Crippen LogP contribution in [0, 0.1) is 0 Å². The SMILES string of the molecule is CCCn1nncc1-c1ccc(OC)cc1CNC1CC1. The number of nitrogens with zero attached hydrogens (tertiary/aromatic N) is 3. The summed E-state index contributed by atoms with van der Waals surface area (Å²) in [5.41, 5.74) is 3.50. The lowest BCUT2D eigenvalue weighted by Gasteiger charge is -2.13. The molecule has 112 valence electrons. The quantitative estimate of drug-likeness (QED) is 0.850. The van der Waals surface area contributed by atoms with Crippen LogP contribution in [0.4, 0.5) is 0 Å². The van der Waals surface area contributed by atoms with Crippen molar-refractivity contribution in [2.24, 2.45) is 0 Å². The average molecular weight is 286 g/mol. The van der Waals surface area contributed by atoms with Crippen LogP contribution >= 0.6 is 0 Å². The summed E-state index contributed by atoms with van der Waals surface area (Å²) < 4.78 is 7.34. The number of methoxy groups -OCH3 is 1. The number of benzene rings is 1. The normalized spacial score (nSPS) is 14.4. The van der Waals surface area contributed by atoms with E-state index in [0.29, 0.717) is 6.04 Å². The predicted molar refractivity (Wildman–Crippen MR) is 82.2 cm³/mol. The molecule has 1 fully saturated rings. The first kappa shape index (κ1) is 14.1. The van der Waals surface area contributed by atoms with Gasteiger partial charge in [-0.05, 0) is 43.0 Å². The van der Waals surface area contributed by atoms with Crippen molar-refractivity contribution in [3.63, 3.8) is 0 Å². The Bertz CT molecular complexity index is 604. The van der Waals surface area contributed by atoms with Crippen LogP contribution in [0.5, 0.6) is 5.75 Å². The molecule has 1 aliphatic carbocycles. The maximum atomic E-state index is 5.36. The Labute approximate surface area is 125 Å². The number of aromatic nitrogens is 3. The minimum Gasteiger partial charge on any atom is -0.497 e. The van der Waals surface area contributed by atoms with Gasteiger partial charge in [0.25, 0.3) is 0 Å². The molecular formula is C16H22N4O. The van der Waals surface area contributed by atoms with Gasteiger partial charge >= 0.3 is 0 Å². The van der Waals surface area contributed by atoms with Crippen molar-refractivity contribution in [3.8, 4) is 17.0 Å². The van der Waals surface area contributed by atoms with Gasteiger partial charge in [0.2, 0.25) is 0 Å². The van der Waals surface area contributed by atoms with Gasteiger partial charge in [-0.2, -0.15) is 0 Å². The first-order valence-electron chi connectivity index (χ1n) is 7.61. The third-order valence-electron chi connectivity index (χ3n) is 3.80. The Morgan fingerprint density at radius 1 is 1.38 bits per heavy atom. The van der Waals surface area contributed by atoms with E-state index in [2.05, 4.69) is 34.7 Å². The fourth-order valence-electron chi connectivity index (χ4n) is 2.48. The van der Waals surface area contributed by atoms with Crippen molar-refractivity contribution < 1.29 is 4.74 Å². The fourth-order valence-corrected chi connectivity index (χ4v) is 2.48. The number of rotatable bonds is 7. The van der Waals surface area contributed by atoms with Gasteiger partial charge in [-0.25, -0.2) is 4.68 Å². The second kappa shape index (κ2) is 6.26. The lowest BCUT2D eigenvalue weighted by atomic mass is 10.0.